The van der Waals surface area contributed by atoms with Gasteiger partial charge in [0.1, 0.15) is 23.2 Å². The summed E-state index contributed by atoms with van der Waals surface area (Å²) in [5.41, 5.74) is 0.626. The van der Waals surface area contributed by atoms with Crippen LogP contribution in [0.4, 0.5) is 14.9 Å². The van der Waals surface area contributed by atoms with Gasteiger partial charge in [-0.05, 0) is 24.3 Å². The Labute approximate surface area is 139 Å². The van der Waals surface area contributed by atoms with Gasteiger partial charge < -0.3 is 19.5 Å². The van der Waals surface area contributed by atoms with Gasteiger partial charge in [0.15, 0.2) is 0 Å². The maximum Gasteiger partial charge on any atom is 0.317 e. The van der Waals surface area contributed by atoms with Crippen LogP contribution >= 0.6 is 0 Å². The predicted molar refractivity (Wildman–Crippen MR) is 85.8 cm³/mol. The summed E-state index contributed by atoms with van der Waals surface area (Å²) in [7, 11) is 0. The van der Waals surface area contributed by atoms with E-state index in [0.717, 1.165) is 0 Å². The number of nitriles is 1. The molecule has 2 aromatic rings. The highest BCUT2D eigenvalue weighted by Gasteiger charge is 2.23. The fourth-order valence-corrected chi connectivity index (χ4v) is 2.73. The molecule has 2 amide bonds. The van der Waals surface area contributed by atoms with E-state index in [0.29, 0.717) is 44.2 Å². The summed E-state index contributed by atoms with van der Waals surface area (Å²) in [6.45, 7) is 2.45. The Bertz CT molecular complexity index is 746. The highest BCUT2D eigenvalue weighted by Crippen LogP contribution is 2.23. The monoisotopic (exact) mass is 328 g/mol. The molecule has 1 saturated heterocycles. The first kappa shape index (κ1) is 15.9. The third kappa shape index (κ3) is 3.33. The number of benzene rings is 1. The number of carbonyl (C=O) groups excluding carboxylic acids is 1. The number of furan rings is 1. The average molecular weight is 328 g/mol. The minimum Gasteiger partial charge on any atom is -0.467 e. The molecule has 24 heavy (non-hydrogen) atoms. The Morgan fingerprint density at radius 2 is 2.04 bits per heavy atom. The van der Waals surface area contributed by atoms with Gasteiger partial charge in [-0.25, -0.2) is 9.18 Å². The van der Waals surface area contributed by atoms with E-state index in [1.165, 1.54) is 6.07 Å². The Balaban J connectivity index is 1.57. The highest BCUT2D eigenvalue weighted by atomic mass is 19.1. The first-order valence-electron chi connectivity index (χ1n) is 7.68. The van der Waals surface area contributed by atoms with Gasteiger partial charge in [0, 0.05) is 26.2 Å². The number of urea groups is 1. The SMILES string of the molecule is N#Cc1c(F)cccc1N1CCN(C(=O)NCc2ccco2)CC1. The number of halogens is 1. The number of hydrogen-bond donors (Lipinski definition) is 1. The molecule has 0 bridgehead atoms. The van der Waals surface area contributed by atoms with E-state index >= 15 is 0 Å². The third-order valence-electron chi connectivity index (χ3n) is 4.00. The van der Waals surface area contributed by atoms with Crippen molar-refractivity contribution in [3.05, 3.63) is 53.7 Å². The second-order valence-corrected chi connectivity index (χ2v) is 5.46. The largest absolute Gasteiger partial charge is 0.467 e. The van der Waals surface area contributed by atoms with Crippen molar-refractivity contribution in [2.75, 3.05) is 31.1 Å². The number of hydrogen-bond acceptors (Lipinski definition) is 4. The molecular weight excluding hydrogens is 311 g/mol. The van der Waals surface area contributed by atoms with E-state index in [9.17, 15) is 9.18 Å². The quantitative estimate of drug-likeness (QED) is 0.938. The molecule has 1 aliphatic heterocycles. The summed E-state index contributed by atoms with van der Waals surface area (Å²) < 4.78 is 18.9. The molecule has 1 aromatic carbocycles. The minimum atomic E-state index is -0.520. The van der Waals surface area contributed by atoms with Crippen LogP contribution in [0.15, 0.2) is 41.0 Å². The molecule has 1 aromatic heterocycles. The lowest BCUT2D eigenvalue weighted by molar-refractivity contribution is 0.193. The zero-order valence-corrected chi connectivity index (χ0v) is 13.0. The molecule has 2 heterocycles. The molecule has 1 fully saturated rings. The zero-order valence-electron chi connectivity index (χ0n) is 13.0. The van der Waals surface area contributed by atoms with Gasteiger partial charge in [-0.2, -0.15) is 5.26 Å². The van der Waals surface area contributed by atoms with E-state index in [1.807, 2.05) is 11.0 Å². The van der Waals surface area contributed by atoms with Crippen LogP contribution in [0.25, 0.3) is 0 Å². The number of rotatable bonds is 3. The van der Waals surface area contributed by atoms with E-state index < -0.39 is 5.82 Å². The number of anilines is 1. The Kier molecular flexibility index (Phi) is 4.66. The van der Waals surface area contributed by atoms with E-state index in [4.69, 9.17) is 9.68 Å². The van der Waals surface area contributed by atoms with Crippen molar-refractivity contribution >= 4 is 11.7 Å². The third-order valence-corrected chi connectivity index (χ3v) is 4.00. The molecule has 6 nitrogen and oxygen atoms in total. The first-order chi connectivity index (χ1) is 11.7. The van der Waals surface area contributed by atoms with Gasteiger partial charge in [0.25, 0.3) is 0 Å². The van der Waals surface area contributed by atoms with Crippen molar-refractivity contribution in [1.82, 2.24) is 10.2 Å². The number of nitrogens with one attached hydrogen (secondary N) is 1. The number of nitrogens with zero attached hydrogens (tertiary/aromatic N) is 3. The first-order valence-corrected chi connectivity index (χ1v) is 7.68. The van der Waals surface area contributed by atoms with Gasteiger partial charge in [0.2, 0.25) is 0 Å². The summed E-state index contributed by atoms with van der Waals surface area (Å²) in [6, 6.07) is 9.92. The molecular formula is C17H17FN4O2. The molecule has 0 saturated carbocycles. The standard InChI is InChI=1S/C17H17FN4O2/c18-15-4-1-5-16(14(15)11-19)21-6-8-22(9-7-21)17(23)20-12-13-3-2-10-24-13/h1-5,10H,6-9,12H2,(H,20,23). The van der Waals surface area contributed by atoms with Crippen molar-refractivity contribution in [2.45, 2.75) is 6.54 Å². The fraction of sp³-hybridized carbons (Fsp3) is 0.294. The maximum absolute atomic E-state index is 13.7. The molecule has 0 radical (unpaired) electrons. The van der Waals surface area contributed by atoms with Gasteiger partial charge in [-0.3, -0.25) is 0 Å². The number of carbonyl (C=O) groups is 1. The molecule has 1 aliphatic rings. The smallest absolute Gasteiger partial charge is 0.317 e. The van der Waals surface area contributed by atoms with Gasteiger partial charge in [0.05, 0.1) is 18.5 Å². The lowest BCUT2D eigenvalue weighted by atomic mass is 10.1. The van der Waals surface area contributed by atoms with Crippen LogP contribution in [0, 0.1) is 17.1 Å². The fourth-order valence-electron chi connectivity index (χ4n) is 2.73. The molecule has 0 spiro atoms. The van der Waals surface area contributed by atoms with Crippen LogP contribution in [0.2, 0.25) is 0 Å². The second-order valence-electron chi connectivity index (χ2n) is 5.46. The number of amides is 2. The molecule has 0 atom stereocenters. The molecule has 0 unspecified atom stereocenters. The summed E-state index contributed by atoms with van der Waals surface area (Å²) in [6.07, 6.45) is 1.56. The lowest BCUT2D eigenvalue weighted by Crippen LogP contribution is -2.51. The van der Waals surface area contributed by atoms with Crippen LogP contribution in [0.3, 0.4) is 0 Å². The van der Waals surface area contributed by atoms with Crippen molar-refractivity contribution in [1.29, 1.82) is 5.26 Å². The van der Waals surface area contributed by atoms with Crippen LogP contribution in [0.1, 0.15) is 11.3 Å². The minimum absolute atomic E-state index is 0.0493. The number of piperazine rings is 1. The highest BCUT2D eigenvalue weighted by molar-refractivity contribution is 5.74. The van der Waals surface area contributed by atoms with Crippen LogP contribution in [-0.4, -0.2) is 37.1 Å². The molecule has 3 rings (SSSR count). The molecule has 124 valence electrons. The van der Waals surface area contributed by atoms with E-state index in [-0.39, 0.29) is 11.6 Å². The lowest BCUT2D eigenvalue weighted by Gasteiger charge is -2.36. The molecule has 7 heteroatoms. The average Bonchev–Trinajstić information content (AvgIpc) is 3.13. The van der Waals surface area contributed by atoms with Crippen molar-refractivity contribution < 1.29 is 13.6 Å². The van der Waals surface area contributed by atoms with Crippen molar-refractivity contribution in [3.63, 3.8) is 0 Å². The Morgan fingerprint density at radius 1 is 1.25 bits per heavy atom. The van der Waals surface area contributed by atoms with E-state index in [1.54, 1.807) is 35.4 Å². The maximum atomic E-state index is 13.7. The Hall–Kier alpha value is -3.01. The summed E-state index contributed by atoms with van der Waals surface area (Å²) in [5, 5.41) is 11.9. The zero-order chi connectivity index (χ0) is 16.9. The molecule has 1 N–H and O–H groups in total. The summed E-state index contributed by atoms with van der Waals surface area (Å²) in [4.78, 5) is 15.8. The van der Waals surface area contributed by atoms with Gasteiger partial charge in [-0.15, -0.1) is 0 Å². The van der Waals surface area contributed by atoms with Crippen molar-refractivity contribution in [2.24, 2.45) is 0 Å². The van der Waals surface area contributed by atoms with Crippen LogP contribution in [-0.2, 0) is 6.54 Å². The van der Waals surface area contributed by atoms with Crippen LogP contribution < -0.4 is 10.2 Å². The van der Waals surface area contributed by atoms with Crippen molar-refractivity contribution in [3.8, 4) is 6.07 Å². The summed E-state index contributed by atoms with van der Waals surface area (Å²) >= 11 is 0. The van der Waals surface area contributed by atoms with Crippen LogP contribution in [0.5, 0.6) is 0 Å². The summed E-state index contributed by atoms with van der Waals surface area (Å²) in [5.74, 6) is 0.175. The normalized spacial score (nSPS) is 14.3. The van der Waals surface area contributed by atoms with Gasteiger partial charge in [-0.1, -0.05) is 6.07 Å². The molecule has 0 aliphatic carbocycles. The topological polar surface area (TPSA) is 72.5 Å². The van der Waals surface area contributed by atoms with E-state index in [2.05, 4.69) is 5.32 Å². The van der Waals surface area contributed by atoms with Gasteiger partial charge >= 0.3 is 6.03 Å². The predicted octanol–water partition coefficient (Wildman–Crippen LogP) is 2.32. The Morgan fingerprint density at radius 3 is 2.71 bits per heavy atom. The second kappa shape index (κ2) is 7.04.